The van der Waals surface area contributed by atoms with Crippen molar-refractivity contribution in [2.24, 2.45) is 5.92 Å². The third kappa shape index (κ3) is 5.29. The summed E-state index contributed by atoms with van der Waals surface area (Å²) in [5.74, 6) is 0.479. The van der Waals surface area contributed by atoms with Gasteiger partial charge >= 0.3 is 6.18 Å². The number of halogens is 3. The van der Waals surface area contributed by atoms with E-state index in [1.165, 1.54) is 12.1 Å². The highest BCUT2D eigenvalue weighted by atomic mass is 19.4. The van der Waals surface area contributed by atoms with Crippen LogP contribution in [0, 0.1) is 5.92 Å². The van der Waals surface area contributed by atoms with Crippen LogP contribution in [0.15, 0.2) is 48.5 Å². The second-order valence-electron chi connectivity index (χ2n) is 8.66. The summed E-state index contributed by atoms with van der Waals surface area (Å²) in [6, 6.07) is 12.1. The van der Waals surface area contributed by atoms with Crippen LogP contribution in [-0.4, -0.2) is 68.0 Å². The maximum atomic E-state index is 13.1. The van der Waals surface area contributed by atoms with Gasteiger partial charge in [0.1, 0.15) is 5.75 Å². The number of likely N-dealkylation sites (tertiary alicyclic amines) is 1. The Bertz CT molecular complexity index is 1010. The number of anilines is 1. The number of nitrogens with zero attached hydrogens (tertiary/aromatic N) is 3. The van der Waals surface area contributed by atoms with Gasteiger partial charge in [0.25, 0.3) is 5.91 Å². The van der Waals surface area contributed by atoms with Crippen molar-refractivity contribution < 1.29 is 27.5 Å². The Kier molecular flexibility index (Phi) is 7.00. The minimum atomic E-state index is -4.43. The summed E-state index contributed by atoms with van der Waals surface area (Å²) in [5.41, 5.74) is 0.521. The van der Waals surface area contributed by atoms with Gasteiger partial charge in [-0.15, -0.1) is 0 Å². The highest BCUT2D eigenvalue weighted by Gasteiger charge is 2.33. The van der Waals surface area contributed by atoms with Crippen LogP contribution in [0.5, 0.6) is 5.75 Å². The number of hydrogen-bond donors (Lipinski definition) is 0. The molecule has 0 spiro atoms. The first-order valence-corrected chi connectivity index (χ1v) is 11.4. The van der Waals surface area contributed by atoms with Gasteiger partial charge in [-0.05, 0) is 49.2 Å². The second-order valence-corrected chi connectivity index (χ2v) is 8.66. The maximum absolute atomic E-state index is 13.1. The molecule has 0 N–H and O–H groups in total. The summed E-state index contributed by atoms with van der Waals surface area (Å²) in [5, 5.41) is 0. The minimum absolute atomic E-state index is 0.118. The average molecular weight is 476 g/mol. The fraction of sp³-hybridized carbons (Fsp3) is 0.440. The molecule has 2 aromatic carbocycles. The van der Waals surface area contributed by atoms with E-state index >= 15 is 0 Å². The Morgan fingerprint density at radius 1 is 0.882 bits per heavy atom. The lowest BCUT2D eigenvalue weighted by Gasteiger charge is -2.39. The molecule has 2 aromatic rings. The van der Waals surface area contributed by atoms with Gasteiger partial charge in [-0.1, -0.05) is 6.07 Å². The highest BCUT2D eigenvalue weighted by molar-refractivity contribution is 5.94. The maximum Gasteiger partial charge on any atom is 0.416 e. The van der Waals surface area contributed by atoms with E-state index in [9.17, 15) is 22.8 Å². The zero-order valence-electron chi connectivity index (χ0n) is 19.1. The molecule has 0 aromatic heterocycles. The summed E-state index contributed by atoms with van der Waals surface area (Å²) in [4.78, 5) is 31.5. The monoisotopic (exact) mass is 475 g/mol. The molecule has 182 valence electrons. The minimum Gasteiger partial charge on any atom is -0.497 e. The number of benzene rings is 2. The van der Waals surface area contributed by atoms with Crippen molar-refractivity contribution in [2.75, 3.05) is 51.3 Å². The lowest BCUT2D eigenvalue weighted by Crippen LogP contribution is -2.52. The number of piperidine rings is 1. The topological polar surface area (TPSA) is 53.1 Å². The lowest BCUT2D eigenvalue weighted by molar-refractivity contribution is -0.138. The standard InChI is InChI=1S/C25H28F3N3O3/c1-34-22-4-2-3-21(17-22)29-13-15-31(16-14-29)24(33)19-9-11-30(12-10-19)23(32)18-5-7-20(8-6-18)25(26,27)28/h2-8,17,19H,9-16H2,1H3. The zero-order valence-corrected chi connectivity index (χ0v) is 19.1. The van der Waals surface area contributed by atoms with Gasteiger partial charge in [-0.25, -0.2) is 0 Å². The number of amides is 2. The van der Waals surface area contributed by atoms with Gasteiger partial charge in [0, 0.05) is 62.5 Å². The molecule has 4 rings (SSSR count). The Hall–Kier alpha value is -3.23. The van der Waals surface area contributed by atoms with Gasteiger partial charge in [0.05, 0.1) is 12.7 Å². The molecule has 0 unspecified atom stereocenters. The van der Waals surface area contributed by atoms with Crippen molar-refractivity contribution in [3.05, 3.63) is 59.7 Å². The zero-order chi connectivity index (χ0) is 24.3. The van der Waals surface area contributed by atoms with Crippen molar-refractivity contribution in [3.8, 4) is 5.75 Å². The molecular formula is C25H28F3N3O3. The molecule has 2 aliphatic rings. The molecule has 0 atom stereocenters. The summed E-state index contributed by atoms with van der Waals surface area (Å²) in [7, 11) is 1.64. The molecule has 0 saturated carbocycles. The third-order valence-electron chi connectivity index (χ3n) is 6.60. The van der Waals surface area contributed by atoms with Crippen LogP contribution >= 0.6 is 0 Å². The Labute approximate surface area is 196 Å². The number of rotatable bonds is 4. The van der Waals surface area contributed by atoms with Gasteiger partial charge < -0.3 is 19.4 Å². The number of ether oxygens (including phenoxy) is 1. The van der Waals surface area contributed by atoms with E-state index in [1.807, 2.05) is 29.2 Å². The van der Waals surface area contributed by atoms with Gasteiger partial charge in [-0.2, -0.15) is 13.2 Å². The van der Waals surface area contributed by atoms with E-state index in [-0.39, 0.29) is 23.3 Å². The number of hydrogen-bond acceptors (Lipinski definition) is 4. The van der Waals surface area contributed by atoms with Gasteiger partial charge in [0.2, 0.25) is 5.91 Å². The number of carbonyl (C=O) groups is 2. The fourth-order valence-electron chi connectivity index (χ4n) is 4.56. The first-order chi connectivity index (χ1) is 16.3. The molecule has 34 heavy (non-hydrogen) atoms. The van der Waals surface area contributed by atoms with Crippen LogP contribution in [0.1, 0.15) is 28.8 Å². The summed E-state index contributed by atoms with van der Waals surface area (Å²) >= 11 is 0. The molecule has 6 nitrogen and oxygen atoms in total. The number of methoxy groups -OCH3 is 1. The summed E-state index contributed by atoms with van der Waals surface area (Å²) in [6.45, 7) is 3.59. The molecule has 0 radical (unpaired) electrons. The molecule has 2 fully saturated rings. The van der Waals surface area contributed by atoms with Crippen LogP contribution < -0.4 is 9.64 Å². The number of alkyl halides is 3. The predicted octanol–water partition coefficient (Wildman–Crippen LogP) is 3.92. The highest BCUT2D eigenvalue weighted by Crippen LogP contribution is 2.30. The van der Waals surface area contributed by atoms with Crippen molar-refractivity contribution >= 4 is 17.5 Å². The quantitative estimate of drug-likeness (QED) is 0.673. The van der Waals surface area contributed by atoms with Crippen LogP contribution in [0.4, 0.5) is 18.9 Å². The molecule has 2 saturated heterocycles. The summed E-state index contributed by atoms with van der Waals surface area (Å²) < 4.78 is 43.5. The Balaban J connectivity index is 1.27. The molecule has 2 amide bonds. The van der Waals surface area contributed by atoms with E-state index in [4.69, 9.17) is 4.74 Å². The molecular weight excluding hydrogens is 447 g/mol. The molecule has 2 heterocycles. The van der Waals surface area contributed by atoms with Crippen molar-refractivity contribution in [1.82, 2.24) is 9.80 Å². The first kappa shape index (κ1) is 23.9. The lowest BCUT2D eigenvalue weighted by atomic mass is 9.94. The van der Waals surface area contributed by atoms with Crippen molar-refractivity contribution in [2.45, 2.75) is 19.0 Å². The fourth-order valence-corrected chi connectivity index (χ4v) is 4.56. The van der Waals surface area contributed by atoms with Crippen molar-refractivity contribution in [1.29, 1.82) is 0 Å². The van der Waals surface area contributed by atoms with Crippen LogP contribution in [-0.2, 0) is 11.0 Å². The Morgan fingerprint density at radius 3 is 2.12 bits per heavy atom. The molecule has 0 aliphatic carbocycles. The van der Waals surface area contributed by atoms with Gasteiger partial charge in [0.15, 0.2) is 0 Å². The van der Waals surface area contributed by atoms with Crippen LogP contribution in [0.25, 0.3) is 0 Å². The summed E-state index contributed by atoms with van der Waals surface area (Å²) in [6.07, 6.45) is -3.32. The van der Waals surface area contributed by atoms with Crippen molar-refractivity contribution in [3.63, 3.8) is 0 Å². The van der Waals surface area contributed by atoms with E-state index in [2.05, 4.69) is 4.90 Å². The normalized spacial score (nSPS) is 17.6. The number of carbonyl (C=O) groups excluding carboxylic acids is 2. The predicted molar refractivity (Wildman–Crippen MR) is 122 cm³/mol. The molecule has 0 bridgehead atoms. The van der Waals surface area contributed by atoms with E-state index in [1.54, 1.807) is 12.0 Å². The largest absolute Gasteiger partial charge is 0.497 e. The second kappa shape index (κ2) is 9.95. The van der Waals surface area contributed by atoms with Crippen LogP contribution in [0.3, 0.4) is 0 Å². The Morgan fingerprint density at radius 2 is 1.53 bits per heavy atom. The van der Waals surface area contributed by atoms with E-state index in [0.29, 0.717) is 39.0 Å². The number of piperazine rings is 1. The van der Waals surface area contributed by atoms with Crippen LogP contribution in [0.2, 0.25) is 0 Å². The van der Waals surface area contributed by atoms with E-state index < -0.39 is 11.7 Å². The van der Waals surface area contributed by atoms with E-state index in [0.717, 1.165) is 36.7 Å². The first-order valence-electron chi connectivity index (χ1n) is 11.4. The SMILES string of the molecule is COc1cccc(N2CCN(C(=O)C3CCN(C(=O)c4ccc(C(F)(F)F)cc4)CC3)CC2)c1. The molecule has 2 aliphatic heterocycles. The average Bonchev–Trinajstić information content (AvgIpc) is 2.87. The smallest absolute Gasteiger partial charge is 0.416 e. The molecule has 9 heteroatoms. The van der Waals surface area contributed by atoms with Gasteiger partial charge in [-0.3, -0.25) is 9.59 Å². The third-order valence-corrected chi connectivity index (χ3v) is 6.60.